The van der Waals surface area contributed by atoms with Crippen molar-refractivity contribution in [3.63, 3.8) is 0 Å². The lowest BCUT2D eigenvalue weighted by atomic mass is 10.1. The molecule has 4 nitrogen and oxygen atoms in total. The third-order valence-corrected chi connectivity index (χ3v) is 3.01. The number of guanidine groups is 1. The minimum absolute atomic E-state index is 0. The third-order valence-electron chi connectivity index (χ3n) is 3.01. The Morgan fingerprint density at radius 2 is 2.05 bits per heavy atom. The number of anilines is 1. The summed E-state index contributed by atoms with van der Waals surface area (Å²) < 4.78 is 13.4. The van der Waals surface area contributed by atoms with E-state index in [9.17, 15) is 4.39 Å². The van der Waals surface area contributed by atoms with Crippen molar-refractivity contribution in [2.75, 3.05) is 5.32 Å². The van der Waals surface area contributed by atoms with Gasteiger partial charge < -0.3 is 11.1 Å². The summed E-state index contributed by atoms with van der Waals surface area (Å²) in [6.45, 7) is 4.17. The standard InChI is InChI=1S/C15H17FN4.HI/c1-10-5-6-12(8-11(10)2)20-15(17)19-9-14-13(16)4-3-7-18-14;/h3-8H,9H2,1-2H3,(H3,17,19,20);1H. The highest BCUT2D eigenvalue weighted by Crippen LogP contribution is 2.13. The van der Waals surface area contributed by atoms with Gasteiger partial charge in [0.25, 0.3) is 0 Å². The second-order valence-corrected chi connectivity index (χ2v) is 4.56. The lowest BCUT2D eigenvalue weighted by molar-refractivity contribution is 0.600. The minimum Gasteiger partial charge on any atom is -0.370 e. The quantitative estimate of drug-likeness (QED) is 0.472. The van der Waals surface area contributed by atoms with E-state index in [0.29, 0.717) is 0 Å². The van der Waals surface area contributed by atoms with Crippen LogP contribution in [0.25, 0.3) is 0 Å². The lowest BCUT2D eigenvalue weighted by Gasteiger charge is -2.08. The molecule has 0 aliphatic heterocycles. The Morgan fingerprint density at radius 1 is 1.29 bits per heavy atom. The summed E-state index contributed by atoms with van der Waals surface area (Å²) in [6.07, 6.45) is 1.53. The number of nitrogens with zero attached hydrogens (tertiary/aromatic N) is 2. The average Bonchev–Trinajstić information content (AvgIpc) is 2.42. The van der Waals surface area contributed by atoms with Gasteiger partial charge in [-0.15, -0.1) is 24.0 Å². The van der Waals surface area contributed by atoms with Crippen molar-refractivity contribution in [1.82, 2.24) is 4.98 Å². The van der Waals surface area contributed by atoms with Gasteiger partial charge in [-0.25, -0.2) is 9.38 Å². The number of benzene rings is 1. The number of aliphatic imine (C=N–C) groups is 1. The van der Waals surface area contributed by atoms with Crippen molar-refractivity contribution in [1.29, 1.82) is 0 Å². The Bertz CT molecular complexity index is 643. The fraction of sp³-hybridized carbons (Fsp3) is 0.200. The SMILES string of the molecule is Cc1ccc(NC(N)=NCc2ncccc2F)cc1C.I. The maximum atomic E-state index is 13.4. The van der Waals surface area contributed by atoms with Crippen LogP contribution in [0.15, 0.2) is 41.5 Å². The number of nitrogens with one attached hydrogen (secondary N) is 1. The highest BCUT2D eigenvalue weighted by molar-refractivity contribution is 14.0. The first-order valence-electron chi connectivity index (χ1n) is 6.30. The van der Waals surface area contributed by atoms with Gasteiger partial charge >= 0.3 is 0 Å². The molecule has 0 radical (unpaired) electrons. The zero-order valence-corrected chi connectivity index (χ0v) is 14.3. The summed E-state index contributed by atoms with van der Waals surface area (Å²) in [6, 6.07) is 8.80. The molecule has 2 aromatic rings. The zero-order valence-electron chi connectivity index (χ0n) is 11.9. The number of nitrogens with two attached hydrogens (primary N) is 1. The van der Waals surface area contributed by atoms with Crippen LogP contribution in [-0.2, 0) is 6.54 Å². The summed E-state index contributed by atoms with van der Waals surface area (Å²) in [5.74, 6) is -0.145. The predicted octanol–water partition coefficient (Wildman–Crippen LogP) is 3.38. The Kier molecular flexibility index (Phi) is 6.54. The second-order valence-electron chi connectivity index (χ2n) is 4.56. The van der Waals surface area contributed by atoms with Crippen molar-refractivity contribution in [3.05, 3.63) is 59.2 Å². The van der Waals surface area contributed by atoms with Gasteiger partial charge in [0.15, 0.2) is 5.96 Å². The van der Waals surface area contributed by atoms with Gasteiger partial charge in [-0.1, -0.05) is 6.07 Å². The third kappa shape index (κ3) is 4.96. The lowest BCUT2D eigenvalue weighted by Crippen LogP contribution is -2.22. The molecular formula is C15H18FIN4. The Balaban J connectivity index is 0.00000220. The van der Waals surface area contributed by atoms with Gasteiger partial charge in [0, 0.05) is 11.9 Å². The molecule has 0 spiro atoms. The molecular weight excluding hydrogens is 382 g/mol. The van der Waals surface area contributed by atoms with Crippen molar-refractivity contribution >= 4 is 35.6 Å². The van der Waals surface area contributed by atoms with E-state index in [1.165, 1.54) is 23.4 Å². The molecule has 112 valence electrons. The van der Waals surface area contributed by atoms with Gasteiger partial charge in [-0.2, -0.15) is 0 Å². The highest BCUT2D eigenvalue weighted by atomic mass is 127. The van der Waals surface area contributed by atoms with E-state index in [-0.39, 0.29) is 48.0 Å². The van der Waals surface area contributed by atoms with Crippen molar-refractivity contribution < 1.29 is 4.39 Å². The molecule has 0 unspecified atom stereocenters. The van der Waals surface area contributed by atoms with Crippen LogP contribution in [0.5, 0.6) is 0 Å². The van der Waals surface area contributed by atoms with Gasteiger partial charge in [0.1, 0.15) is 5.82 Å². The Morgan fingerprint density at radius 3 is 2.71 bits per heavy atom. The molecule has 0 aliphatic carbocycles. The van der Waals surface area contributed by atoms with Crippen molar-refractivity contribution in [3.8, 4) is 0 Å². The molecule has 21 heavy (non-hydrogen) atoms. The van der Waals surface area contributed by atoms with E-state index >= 15 is 0 Å². The van der Waals surface area contributed by atoms with E-state index in [1.807, 2.05) is 32.0 Å². The summed E-state index contributed by atoms with van der Waals surface area (Å²) in [7, 11) is 0. The largest absolute Gasteiger partial charge is 0.370 e. The van der Waals surface area contributed by atoms with E-state index in [4.69, 9.17) is 5.73 Å². The van der Waals surface area contributed by atoms with Gasteiger partial charge in [-0.3, -0.25) is 4.98 Å². The highest BCUT2D eigenvalue weighted by Gasteiger charge is 2.02. The van der Waals surface area contributed by atoms with Crippen LogP contribution in [0.3, 0.4) is 0 Å². The summed E-state index contributed by atoms with van der Waals surface area (Å²) >= 11 is 0. The molecule has 2 rings (SSSR count). The summed E-state index contributed by atoms with van der Waals surface area (Å²) in [5.41, 5.74) is 9.29. The van der Waals surface area contributed by atoms with E-state index in [1.54, 1.807) is 6.07 Å². The van der Waals surface area contributed by atoms with Gasteiger partial charge in [0.05, 0.1) is 12.2 Å². The molecule has 1 aromatic carbocycles. The first-order chi connectivity index (χ1) is 9.56. The number of pyridine rings is 1. The Labute approximate surface area is 140 Å². The molecule has 1 aromatic heterocycles. The van der Waals surface area contributed by atoms with Crippen LogP contribution in [-0.4, -0.2) is 10.9 Å². The minimum atomic E-state index is -0.379. The molecule has 0 fully saturated rings. The topological polar surface area (TPSA) is 63.3 Å². The molecule has 0 bridgehead atoms. The van der Waals surface area contributed by atoms with Crippen LogP contribution in [0, 0.1) is 19.7 Å². The number of hydrogen-bond donors (Lipinski definition) is 2. The summed E-state index contributed by atoms with van der Waals surface area (Å²) in [4.78, 5) is 8.00. The fourth-order valence-electron chi connectivity index (χ4n) is 1.70. The molecule has 0 saturated carbocycles. The molecule has 3 N–H and O–H groups in total. The average molecular weight is 400 g/mol. The van der Waals surface area contributed by atoms with E-state index < -0.39 is 0 Å². The predicted molar refractivity (Wildman–Crippen MR) is 94.5 cm³/mol. The van der Waals surface area contributed by atoms with E-state index in [0.717, 1.165) is 5.69 Å². The summed E-state index contributed by atoms with van der Waals surface area (Å²) in [5, 5.41) is 2.98. The van der Waals surface area contributed by atoms with Gasteiger partial charge in [-0.05, 0) is 49.2 Å². The number of aryl methyl sites for hydroxylation is 2. The number of rotatable bonds is 3. The molecule has 0 saturated heterocycles. The van der Waals surface area contributed by atoms with Crippen molar-refractivity contribution in [2.45, 2.75) is 20.4 Å². The Hall–Kier alpha value is -1.70. The molecule has 6 heteroatoms. The number of hydrogen-bond acceptors (Lipinski definition) is 2. The first-order valence-corrected chi connectivity index (χ1v) is 6.30. The monoisotopic (exact) mass is 400 g/mol. The van der Waals surface area contributed by atoms with Crippen LogP contribution >= 0.6 is 24.0 Å². The first kappa shape index (κ1) is 17.4. The van der Waals surface area contributed by atoms with E-state index in [2.05, 4.69) is 15.3 Å². The van der Waals surface area contributed by atoms with Crippen LogP contribution in [0.1, 0.15) is 16.8 Å². The number of aromatic nitrogens is 1. The number of halogens is 2. The molecule has 1 heterocycles. The maximum absolute atomic E-state index is 13.4. The molecule has 0 aliphatic rings. The smallest absolute Gasteiger partial charge is 0.193 e. The fourth-order valence-corrected chi connectivity index (χ4v) is 1.70. The second kappa shape index (κ2) is 7.92. The maximum Gasteiger partial charge on any atom is 0.193 e. The van der Waals surface area contributed by atoms with Crippen molar-refractivity contribution in [2.24, 2.45) is 10.7 Å². The molecule has 0 amide bonds. The normalized spacial score (nSPS) is 10.9. The van der Waals surface area contributed by atoms with Crippen LogP contribution in [0.2, 0.25) is 0 Å². The zero-order chi connectivity index (χ0) is 14.5. The van der Waals surface area contributed by atoms with Gasteiger partial charge in [0.2, 0.25) is 0 Å². The molecule has 0 atom stereocenters. The van der Waals surface area contributed by atoms with Crippen LogP contribution in [0.4, 0.5) is 10.1 Å². The van der Waals surface area contributed by atoms with Crippen LogP contribution < -0.4 is 11.1 Å².